The van der Waals surface area contributed by atoms with Gasteiger partial charge in [-0.25, -0.2) is 0 Å². The average molecular weight is 176 g/mol. The summed E-state index contributed by atoms with van der Waals surface area (Å²) in [7, 11) is 0. The van der Waals surface area contributed by atoms with Crippen molar-refractivity contribution in [2.24, 2.45) is 0 Å². The fourth-order valence-corrected chi connectivity index (χ4v) is 1.08. The molecular formula is C8H16O2S. The summed E-state index contributed by atoms with van der Waals surface area (Å²) in [6, 6.07) is 0. The second-order valence-corrected chi connectivity index (χ2v) is 3.58. The topological polar surface area (TPSA) is 26.3 Å². The zero-order chi connectivity index (χ0) is 8.53. The van der Waals surface area contributed by atoms with Crippen LogP contribution in [-0.2, 0) is 9.53 Å². The molecule has 0 amide bonds. The minimum absolute atomic E-state index is 0.170. The second kappa shape index (κ2) is 8.08. The Balaban J connectivity index is 2.85. The first-order valence-corrected chi connectivity index (χ1v) is 4.97. The molecule has 0 spiro atoms. The lowest BCUT2D eigenvalue weighted by Crippen LogP contribution is -2.00. The van der Waals surface area contributed by atoms with Gasteiger partial charge in [0.05, 0.1) is 6.61 Å². The Kier molecular flexibility index (Phi) is 8.07. The van der Waals surface area contributed by atoms with Crippen LogP contribution in [0.4, 0.5) is 0 Å². The van der Waals surface area contributed by atoms with Crippen molar-refractivity contribution in [3.63, 3.8) is 0 Å². The predicted molar refractivity (Wildman–Crippen MR) is 48.9 cm³/mol. The van der Waals surface area contributed by atoms with Crippen molar-refractivity contribution in [3.8, 4) is 0 Å². The number of unbranched alkanes of at least 4 members (excludes halogenated alkanes) is 1. The van der Waals surface area contributed by atoms with E-state index in [2.05, 4.69) is 6.92 Å². The van der Waals surface area contributed by atoms with Crippen LogP contribution in [0.15, 0.2) is 0 Å². The van der Waals surface area contributed by atoms with E-state index in [1.807, 2.05) is 0 Å². The Bertz CT molecular complexity index is 104. The molecule has 0 aliphatic rings. The van der Waals surface area contributed by atoms with Gasteiger partial charge in [0.15, 0.2) is 5.12 Å². The Labute approximate surface area is 72.7 Å². The molecule has 0 aromatic rings. The fraction of sp³-hybridized carbons (Fsp3) is 0.875. The highest BCUT2D eigenvalue weighted by atomic mass is 32.2. The molecule has 3 heteroatoms. The maximum Gasteiger partial charge on any atom is 0.185 e. The van der Waals surface area contributed by atoms with Crippen LogP contribution >= 0.6 is 11.8 Å². The predicted octanol–water partition coefficient (Wildman–Crippen LogP) is 2.08. The Morgan fingerprint density at radius 1 is 1.45 bits per heavy atom. The summed E-state index contributed by atoms with van der Waals surface area (Å²) < 4.78 is 5.25. The van der Waals surface area contributed by atoms with Crippen molar-refractivity contribution in [1.29, 1.82) is 0 Å². The van der Waals surface area contributed by atoms with Crippen molar-refractivity contribution >= 4 is 16.9 Å². The van der Waals surface area contributed by atoms with E-state index in [0.717, 1.165) is 18.8 Å². The summed E-state index contributed by atoms with van der Waals surface area (Å²) in [4.78, 5) is 10.4. The summed E-state index contributed by atoms with van der Waals surface area (Å²) in [5.74, 6) is 0.791. The lowest BCUT2D eigenvalue weighted by atomic mass is 10.4. The van der Waals surface area contributed by atoms with Gasteiger partial charge in [-0.2, -0.15) is 0 Å². The molecule has 0 N–H and O–H groups in total. The highest BCUT2D eigenvalue weighted by Crippen LogP contribution is 2.00. The second-order valence-electron chi connectivity index (χ2n) is 2.31. The fourth-order valence-electron chi connectivity index (χ4n) is 0.593. The first kappa shape index (κ1) is 11.0. The van der Waals surface area contributed by atoms with Crippen molar-refractivity contribution in [2.45, 2.75) is 26.7 Å². The molecule has 0 fully saturated rings. The highest BCUT2D eigenvalue weighted by molar-refractivity contribution is 8.13. The van der Waals surface area contributed by atoms with Gasteiger partial charge in [-0.3, -0.25) is 4.79 Å². The van der Waals surface area contributed by atoms with E-state index < -0.39 is 0 Å². The van der Waals surface area contributed by atoms with E-state index in [0.29, 0.717) is 6.61 Å². The molecule has 0 aliphatic carbocycles. The van der Waals surface area contributed by atoms with Gasteiger partial charge in [0.25, 0.3) is 0 Å². The summed E-state index contributed by atoms with van der Waals surface area (Å²) in [6.45, 7) is 5.24. The van der Waals surface area contributed by atoms with Crippen LogP contribution in [0.25, 0.3) is 0 Å². The third kappa shape index (κ3) is 9.98. The van der Waals surface area contributed by atoms with Gasteiger partial charge in [-0.15, -0.1) is 0 Å². The first-order chi connectivity index (χ1) is 5.27. The van der Waals surface area contributed by atoms with Crippen molar-refractivity contribution in [1.82, 2.24) is 0 Å². The normalized spacial score (nSPS) is 10.0. The monoisotopic (exact) mass is 176 g/mol. The molecule has 0 aromatic heterocycles. The molecule has 11 heavy (non-hydrogen) atoms. The summed E-state index contributed by atoms with van der Waals surface area (Å²) in [5.41, 5.74) is 0. The van der Waals surface area contributed by atoms with E-state index >= 15 is 0 Å². The molecule has 0 aromatic carbocycles. The molecule has 66 valence electrons. The van der Waals surface area contributed by atoms with E-state index in [1.165, 1.54) is 18.2 Å². The summed E-state index contributed by atoms with van der Waals surface area (Å²) >= 11 is 1.33. The number of thioether (sulfide) groups is 1. The molecule has 0 heterocycles. The minimum atomic E-state index is 0.170. The zero-order valence-corrected chi connectivity index (χ0v) is 8.08. The van der Waals surface area contributed by atoms with Gasteiger partial charge in [0.2, 0.25) is 0 Å². The molecule has 0 radical (unpaired) electrons. The van der Waals surface area contributed by atoms with E-state index in [-0.39, 0.29) is 5.12 Å². The lowest BCUT2D eigenvalue weighted by Gasteiger charge is -2.00. The lowest BCUT2D eigenvalue weighted by molar-refractivity contribution is -0.109. The molecule has 0 atom stereocenters. The van der Waals surface area contributed by atoms with Crippen LogP contribution in [0.5, 0.6) is 0 Å². The molecule has 0 aliphatic heterocycles. The molecule has 0 rings (SSSR count). The number of carbonyl (C=O) groups excluding carboxylic acids is 1. The molecule has 0 unspecified atom stereocenters. The van der Waals surface area contributed by atoms with Crippen LogP contribution in [0.3, 0.4) is 0 Å². The Morgan fingerprint density at radius 2 is 2.18 bits per heavy atom. The van der Waals surface area contributed by atoms with Crippen LogP contribution in [0.1, 0.15) is 26.7 Å². The number of carbonyl (C=O) groups is 1. The summed E-state index contributed by atoms with van der Waals surface area (Å²) in [6.07, 6.45) is 2.28. The molecule has 2 nitrogen and oxygen atoms in total. The van der Waals surface area contributed by atoms with Crippen molar-refractivity contribution in [3.05, 3.63) is 0 Å². The largest absolute Gasteiger partial charge is 0.381 e. The number of hydrogen-bond donors (Lipinski definition) is 0. The van der Waals surface area contributed by atoms with E-state index in [1.54, 1.807) is 6.92 Å². The third-order valence-corrected chi connectivity index (χ3v) is 1.95. The van der Waals surface area contributed by atoms with Gasteiger partial charge in [-0.1, -0.05) is 25.1 Å². The van der Waals surface area contributed by atoms with Gasteiger partial charge in [0, 0.05) is 19.3 Å². The van der Waals surface area contributed by atoms with Crippen LogP contribution in [0.2, 0.25) is 0 Å². The molecule has 0 saturated carbocycles. The zero-order valence-electron chi connectivity index (χ0n) is 7.26. The van der Waals surface area contributed by atoms with Gasteiger partial charge in [-0.05, 0) is 6.42 Å². The maximum atomic E-state index is 10.4. The average Bonchev–Trinajstić information content (AvgIpc) is 1.96. The molecular weight excluding hydrogens is 160 g/mol. The standard InChI is InChI=1S/C8H16O2S/c1-3-4-5-10-6-7-11-8(2)9/h3-7H2,1-2H3. The van der Waals surface area contributed by atoms with Crippen molar-refractivity contribution < 1.29 is 9.53 Å². The minimum Gasteiger partial charge on any atom is -0.381 e. The van der Waals surface area contributed by atoms with Crippen LogP contribution < -0.4 is 0 Å². The Hall–Kier alpha value is -0.0200. The van der Waals surface area contributed by atoms with Crippen LogP contribution in [-0.4, -0.2) is 24.1 Å². The number of hydrogen-bond acceptors (Lipinski definition) is 3. The quantitative estimate of drug-likeness (QED) is 0.580. The maximum absolute atomic E-state index is 10.4. The molecule has 0 saturated heterocycles. The number of rotatable bonds is 6. The first-order valence-electron chi connectivity index (χ1n) is 3.98. The number of ether oxygens (including phenoxy) is 1. The van der Waals surface area contributed by atoms with Gasteiger partial charge < -0.3 is 4.74 Å². The SMILES string of the molecule is CCCCOCCSC(C)=O. The van der Waals surface area contributed by atoms with E-state index in [4.69, 9.17) is 4.74 Å². The molecule has 0 bridgehead atoms. The summed E-state index contributed by atoms with van der Waals surface area (Å²) in [5, 5.41) is 0.170. The highest BCUT2D eigenvalue weighted by Gasteiger charge is 1.92. The third-order valence-electron chi connectivity index (χ3n) is 1.18. The van der Waals surface area contributed by atoms with E-state index in [9.17, 15) is 4.79 Å². The van der Waals surface area contributed by atoms with Crippen molar-refractivity contribution in [2.75, 3.05) is 19.0 Å². The van der Waals surface area contributed by atoms with Crippen LogP contribution in [0, 0.1) is 0 Å². The van der Waals surface area contributed by atoms with Gasteiger partial charge >= 0.3 is 0 Å². The van der Waals surface area contributed by atoms with Gasteiger partial charge in [0.1, 0.15) is 0 Å². The smallest absolute Gasteiger partial charge is 0.185 e. The Morgan fingerprint density at radius 3 is 2.73 bits per heavy atom.